The Morgan fingerprint density at radius 1 is 1.16 bits per heavy atom. The number of H-pyrrole nitrogens is 1. The molecule has 1 unspecified atom stereocenters. The standard InChI is InChI=1S/C22H22F3N3O3S/c1-13-5-10-19-18(11-13)16-3-2-4-17(20(16)28-19)21(29)27-14-6-8-15(9-7-14)32(30,31)26-12-22(23,24)25/h2-4,6-9,13,26,28H,5,10-12H2,1H3,(H,27,29). The number of amides is 1. The first-order valence-electron chi connectivity index (χ1n) is 10.1. The minimum atomic E-state index is -4.66. The fourth-order valence-electron chi connectivity index (χ4n) is 3.98. The number of para-hydroxylation sites is 1. The third-order valence-corrected chi connectivity index (χ3v) is 7.02. The Bertz CT molecular complexity index is 1270. The minimum absolute atomic E-state index is 0.326. The number of aromatic amines is 1. The molecule has 1 aliphatic rings. The Kier molecular flexibility index (Phi) is 5.76. The molecule has 1 heterocycles. The zero-order valence-electron chi connectivity index (χ0n) is 17.2. The van der Waals surface area contributed by atoms with E-state index in [-0.39, 0.29) is 10.8 Å². The number of hydrogen-bond donors (Lipinski definition) is 3. The number of nitrogens with one attached hydrogen (secondary N) is 3. The van der Waals surface area contributed by atoms with Crippen LogP contribution < -0.4 is 10.0 Å². The molecule has 0 bridgehead atoms. The lowest BCUT2D eigenvalue weighted by Crippen LogP contribution is -2.33. The van der Waals surface area contributed by atoms with Crippen molar-refractivity contribution in [3.63, 3.8) is 0 Å². The normalized spacial score (nSPS) is 16.7. The maximum absolute atomic E-state index is 12.9. The minimum Gasteiger partial charge on any atom is -0.358 e. The van der Waals surface area contributed by atoms with Crippen LogP contribution in [0.1, 0.15) is 35.0 Å². The summed E-state index contributed by atoms with van der Waals surface area (Å²) < 4.78 is 62.4. The lowest BCUT2D eigenvalue weighted by atomic mass is 9.87. The summed E-state index contributed by atoms with van der Waals surface area (Å²) in [6, 6.07) is 10.5. The fraction of sp³-hybridized carbons (Fsp3) is 0.318. The van der Waals surface area contributed by atoms with Crippen molar-refractivity contribution in [2.45, 2.75) is 37.3 Å². The molecule has 4 rings (SSSR count). The molecule has 1 aliphatic carbocycles. The molecule has 0 fully saturated rings. The van der Waals surface area contributed by atoms with Gasteiger partial charge in [-0.2, -0.15) is 13.2 Å². The topological polar surface area (TPSA) is 91.1 Å². The van der Waals surface area contributed by atoms with Gasteiger partial charge in [0.15, 0.2) is 0 Å². The van der Waals surface area contributed by atoms with Crippen LogP contribution >= 0.6 is 0 Å². The van der Waals surface area contributed by atoms with Gasteiger partial charge in [-0.05, 0) is 61.1 Å². The molecule has 0 saturated heterocycles. The van der Waals surface area contributed by atoms with E-state index < -0.39 is 22.7 Å². The highest BCUT2D eigenvalue weighted by Gasteiger charge is 2.30. The van der Waals surface area contributed by atoms with E-state index in [0.717, 1.165) is 48.0 Å². The molecular formula is C22H22F3N3O3S. The van der Waals surface area contributed by atoms with Gasteiger partial charge >= 0.3 is 6.18 Å². The molecule has 1 amide bonds. The van der Waals surface area contributed by atoms with Crippen molar-refractivity contribution in [1.82, 2.24) is 9.71 Å². The van der Waals surface area contributed by atoms with Gasteiger partial charge in [0.25, 0.3) is 5.91 Å². The van der Waals surface area contributed by atoms with Crippen LogP contribution in [0.25, 0.3) is 10.9 Å². The molecule has 10 heteroatoms. The maximum atomic E-state index is 12.9. The molecule has 170 valence electrons. The molecule has 6 nitrogen and oxygen atoms in total. The lowest BCUT2D eigenvalue weighted by molar-refractivity contribution is -0.121. The second-order valence-electron chi connectivity index (χ2n) is 8.08. The number of aryl methyl sites for hydroxylation is 1. The van der Waals surface area contributed by atoms with Gasteiger partial charge in [0.05, 0.1) is 16.0 Å². The molecule has 0 radical (unpaired) electrons. The Hall–Kier alpha value is -2.85. The summed E-state index contributed by atoms with van der Waals surface area (Å²) in [5.74, 6) is 0.215. The highest BCUT2D eigenvalue weighted by molar-refractivity contribution is 7.89. The van der Waals surface area contributed by atoms with E-state index in [1.807, 2.05) is 12.1 Å². The zero-order valence-corrected chi connectivity index (χ0v) is 18.0. The van der Waals surface area contributed by atoms with E-state index in [9.17, 15) is 26.4 Å². The molecular weight excluding hydrogens is 443 g/mol. The Labute approximate surface area is 183 Å². The highest BCUT2D eigenvalue weighted by atomic mass is 32.2. The molecule has 0 saturated carbocycles. The first-order valence-corrected chi connectivity index (χ1v) is 11.6. The predicted octanol–water partition coefficient (Wildman–Crippen LogP) is 4.39. The van der Waals surface area contributed by atoms with Crippen molar-refractivity contribution < 1.29 is 26.4 Å². The van der Waals surface area contributed by atoms with Crippen LogP contribution in [0, 0.1) is 5.92 Å². The van der Waals surface area contributed by atoms with Gasteiger partial charge in [-0.3, -0.25) is 4.79 Å². The van der Waals surface area contributed by atoms with Gasteiger partial charge in [0, 0.05) is 16.8 Å². The zero-order chi connectivity index (χ0) is 23.1. The van der Waals surface area contributed by atoms with E-state index in [2.05, 4.69) is 17.2 Å². The molecule has 0 aliphatic heterocycles. The number of sulfonamides is 1. The van der Waals surface area contributed by atoms with Gasteiger partial charge in [-0.25, -0.2) is 13.1 Å². The van der Waals surface area contributed by atoms with E-state index in [1.54, 1.807) is 6.07 Å². The van der Waals surface area contributed by atoms with Crippen molar-refractivity contribution in [3.05, 3.63) is 59.3 Å². The number of rotatable bonds is 5. The number of aromatic nitrogens is 1. The predicted molar refractivity (Wildman–Crippen MR) is 115 cm³/mol. The summed E-state index contributed by atoms with van der Waals surface area (Å²) in [5.41, 5.74) is 3.95. The average molecular weight is 465 g/mol. The van der Waals surface area contributed by atoms with Crippen molar-refractivity contribution in [2.24, 2.45) is 5.92 Å². The van der Waals surface area contributed by atoms with Crippen molar-refractivity contribution >= 4 is 32.5 Å². The third kappa shape index (κ3) is 4.66. The third-order valence-electron chi connectivity index (χ3n) is 5.60. The van der Waals surface area contributed by atoms with Gasteiger partial charge in [-0.15, -0.1) is 0 Å². The van der Waals surface area contributed by atoms with Crippen molar-refractivity contribution in [3.8, 4) is 0 Å². The van der Waals surface area contributed by atoms with E-state index in [1.165, 1.54) is 22.4 Å². The van der Waals surface area contributed by atoms with Crippen LogP contribution in [-0.2, 0) is 22.9 Å². The average Bonchev–Trinajstić information content (AvgIpc) is 3.10. The summed E-state index contributed by atoms with van der Waals surface area (Å²) in [4.78, 5) is 16.0. The summed E-state index contributed by atoms with van der Waals surface area (Å²) in [6.45, 7) is 0.553. The number of benzene rings is 2. The van der Waals surface area contributed by atoms with Gasteiger partial charge in [0.2, 0.25) is 10.0 Å². The summed E-state index contributed by atoms with van der Waals surface area (Å²) in [7, 11) is -4.31. The number of alkyl halides is 3. The molecule has 1 aromatic heterocycles. The molecule has 3 N–H and O–H groups in total. The molecule has 0 spiro atoms. The number of carbonyl (C=O) groups excluding carboxylic acids is 1. The number of halogens is 3. The van der Waals surface area contributed by atoms with Crippen LogP contribution in [0.2, 0.25) is 0 Å². The van der Waals surface area contributed by atoms with Crippen molar-refractivity contribution in [1.29, 1.82) is 0 Å². The lowest BCUT2D eigenvalue weighted by Gasteiger charge is -2.17. The monoisotopic (exact) mass is 465 g/mol. The smallest absolute Gasteiger partial charge is 0.358 e. The number of hydrogen-bond acceptors (Lipinski definition) is 3. The summed E-state index contributed by atoms with van der Waals surface area (Å²) in [6.07, 6.45) is -1.67. The van der Waals surface area contributed by atoms with Crippen LogP contribution in [0.4, 0.5) is 18.9 Å². The maximum Gasteiger partial charge on any atom is 0.402 e. The summed E-state index contributed by atoms with van der Waals surface area (Å²) >= 11 is 0. The first kappa shape index (κ1) is 22.3. The van der Waals surface area contributed by atoms with Gasteiger partial charge in [0.1, 0.15) is 6.54 Å². The molecule has 3 aromatic rings. The SMILES string of the molecule is CC1CCc2[nH]c3c(C(=O)Nc4ccc(S(=O)(=O)NCC(F)(F)F)cc4)cccc3c2C1. The largest absolute Gasteiger partial charge is 0.402 e. The van der Waals surface area contributed by atoms with Gasteiger partial charge in [-0.1, -0.05) is 19.1 Å². The fourth-order valence-corrected chi connectivity index (χ4v) is 5.00. The second-order valence-corrected chi connectivity index (χ2v) is 9.84. The summed E-state index contributed by atoms with van der Waals surface area (Å²) in [5, 5.41) is 3.74. The van der Waals surface area contributed by atoms with Crippen molar-refractivity contribution in [2.75, 3.05) is 11.9 Å². The van der Waals surface area contributed by atoms with Crippen LogP contribution in [0.15, 0.2) is 47.4 Å². The number of fused-ring (bicyclic) bond motifs is 3. The Morgan fingerprint density at radius 3 is 2.56 bits per heavy atom. The molecule has 2 aromatic carbocycles. The number of anilines is 1. The first-order chi connectivity index (χ1) is 15.0. The second kappa shape index (κ2) is 8.25. The Morgan fingerprint density at radius 2 is 1.88 bits per heavy atom. The van der Waals surface area contributed by atoms with E-state index in [0.29, 0.717) is 17.2 Å². The van der Waals surface area contributed by atoms with Crippen LogP contribution in [0.3, 0.4) is 0 Å². The molecule has 1 atom stereocenters. The van der Waals surface area contributed by atoms with E-state index in [4.69, 9.17) is 0 Å². The highest BCUT2D eigenvalue weighted by Crippen LogP contribution is 2.33. The van der Waals surface area contributed by atoms with Crippen LogP contribution in [0.5, 0.6) is 0 Å². The van der Waals surface area contributed by atoms with E-state index >= 15 is 0 Å². The quantitative estimate of drug-likeness (QED) is 0.522. The Balaban J connectivity index is 1.53. The van der Waals surface area contributed by atoms with Gasteiger partial charge < -0.3 is 10.3 Å². The molecule has 32 heavy (non-hydrogen) atoms. The van der Waals surface area contributed by atoms with Crippen LogP contribution in [-0.4, -0.2) is 32.0 Å². The number of carbonyl (C=O) groups is 1.